The number of hydrogen-bond donors (Lipinski definition) is 1. The molecular weight excluding hydrogens is 416 g/mol. The second kappa shape index (κ2) is 9.14. The van der Waals surface area contributed by atoms with Crippen molar-refractivity contribution in [3.63, 3.8) is 0 Å². The Morgan fingerprint density at radius 3 is 1.88 bits per heavy atom. The van der Waals surface area contributed by atoms with E-state index in [1.807, 2.05) is 24.3 Å². The summed E-state index contributed by atoms with van der Waals surface area (Å²) < 4.78 is 2.35. The fourth-order valence-electron chi connectivity index (χ4n) is 4.69. The molecule has 0 fully saturated rings. The van der Waals surface area contributed by atoms with E-state index in [0.29, 0.717) is 0 Å². The van der Waals surface area contributed by atoms with Crippen LogP contribution in [0, 0.1) is 13.8 Å². The third-order valence-electron chi connectivity index (χ3n) is 6.75. The molecule has 0 radical (unpaired) electrons. The topological polar surface area (TPSA) is 42.7 Å². The fraction of sp³-hybridized carbons (Fsp3) is 0.200. The van der Waals surface area contributed by atoms with Crippen LogP contribution in [0.4, 0.5) is 5.82 Å². The predicted octanol–water partition coefficient (Wildman–Crippen LogP) is 7.50. The summed E-state index contributed by atoms with van der Waals surface area (Å²) in [7, 11) is 0. The molecule has 34 heavy (non-hydrogen) atoms. The number of nitrogens with one attached hydrogen (secondary N) is 1. The summed E-state index contributed by atoms with van der Waals surface area (Å²) in [6.45, 7) is 8.78. The summed E-state index contributed by atoms with van der Waals surface area (Å²) in [5.41, 5.74) is 6.87. The number of aryl methyl sites for hydroxylation is 1. The highest BCUT2D eigenvalue weighted by Crippen LogP contribution is 2.36. The second-order valence-electron chi connectivity index (χ2n) is 8.90. The van der Waals surface area contributed by atoms with Crippen LogP contribution in [0.2, 0.25) is 0 Å². The third-order valence-corrected chi connectivity index (χ3v) is 6.75. The first-order valence-electron chi connectivity index (χ1n) is 11.9. The third kappa shape index (κ3) is 3.96. The molecule has 0 amide bonds. The van der Waals surface area contributed by atoms with E-state index in [9.17, 15) is 0 Å². The van der Waals surface area contributed by atoms with Crippen LogP contribution in [0.15, 0.2) is 91.0 Å². The van der Waals surface area contributed by atoms with Gasteiger partial charge in [0.15, 0.2) is 5.82 Å². The summed E-state index contributed by atoms with van der Waals surface area (Å²) in [6, 6.07) is 31.6. The van der Waals surface area contributed by atoms with Gasteiger partial charge in [-0.1, -0.05) is 91.0 Å². The maximum Gasteiger partial charge on any atom is 0.163 e. The van der Waals surface area contributed by atoms with Crippen LogP contribution < -0.4 is 5.32 Å². The largest absolute Gasteiger partial charge is 0.363 e. The molecular formula is C30H30N4. The first-order valence-corrected chi connectivity index (χ1v) is 11.9. The Labute approximate surface area is 201 Å². The Hall–Kier alpha value is -3.92. The molecule has 4 nitrogen and oxygen atoms in total. The van der Waals surface area contributed by atoms with Gasteiger partial charge in [0.1, 0.15) is 11.5 Å². The van der Waals surface area contributed by atoms with Crippen LogP contribution in [0.5, 0.6) is 0 Å². The summed E-state index contributed by atoms with van der Waals surface area (Å²) in [5, 5.41) is 4.79. The van der Waals surface area contributed by atoms with Gasteiger partial charge in [-0.2, -0.15) is 0 Å². The number of anilines is 1. The Kier molecular flexibility index (Phi) is 5.89. The Bertz CT molecular complexity index is 1410. The summed E-state index contributed by atoms with van der Waals surface area (Å²) in [4.78, 5) is 10.2. The van der Waals surface area contributed by atoms with Gasteiger partial charge in [0.25, 0.3) is 0 Å². The molecule has 0 bridgehead atoms. The standard InChI is InChI=1S/C30H30N4/c1-20-22(3)34(23(4)25-16-10-6-11-17-25)30-27(20)29(31-21(2)24-14-8-5-9-15-24)32-28(33-30)26-18-12-7-13-19-26/h5-19,21,23H,1-4H3,(H,31,32,33)/t21-,23-/m1/s1. The van der Waals surface area contributed by atoms with Gasteiger partial charge >= 0.3 is 0 Å². The molecule has 2 aromatic heterocycles. The van der Waals surface area contributed by atoms with Crippen molar-refractivity contribution in [3.05, 3.63) is 113 Å². The summed E-state index contributed by atoms with van der Waals surface area (Å²) in [6.07, 6.45) is 0. The predicted molar refractivity (Wildman–Crippen MR) is 141 cm³/mol. The maximum atomic E-state index is 5.13. The van der Waals surface area contributed by atoms with Crippen molar-refractivity contribution in [1.29, 1.82) is 0 Å². The highest BCUT2D eigenvalue weighted by atomic mass is 15.1. The van der Waals surface area contributed by atoms with Crippen LogP contribution in [0.1, 0.15) is 48.3 Å². The molecule has 0 aliphatic carbocycles. The monoisotopic (exact) mass is 446 g/mol. The smallest absolute Gasteiger partial charge is 0.163 e. The van der Waals surface area contributed by atoms with Gasteiger partial charge in [-0.25, -0.2) is 9.97 Å². The van der Waals surface area contributed by atoms with Crippen molar-refractivity contribution in [2.75, 3.05) is 5.32 Å². The number of benzene rings is 3. The number of aromatic nitrogens is 3. The quantitative estimate of drug-likeness (QED) is 0.294. The van der Waals surface area contributed by atoms with Crippen LogP contribution in [-0.4, -0.2) is 14.5 Å². The Morgan fingerprint density at radius 1 is 0.706 bits per heavy atom. The molecule has 2 heterocycles. The van der Waals surface area contributed by atoms with Crippen molar-refractivity contribution >= 4 is 16.9 Å². The van der Waals surface area contributed by atoms with E-state index >= 15 is 0 Å². The first kappa shape index (κ1) is 21.9. The Balaban J connectivity index is 1.72. The van der Waals surface area contributed by atoms with Gasteiger partial charge in [0.2, 0.25) is 0 Å². The zero-order valence-corrected chi connectivity index (χ0v) is 20.2. The van der Waals surface area contributed by atoms with E-state index in [1.54, 1.807) is 0 Å². The van der Waals surface area contributed by atoms with E-state index < -0.39 is 0 Å². The first-order chi connectivity index (χ1) is 16.5. The lowest BCUT2D eigenvalue weighted by Gasteiger charge is -2.19. The van der Waals surface area contributed by atoms with Crippen LogP contribution in [0.25, 0.3) is 22.4 Å². The molecule has 0 unspecified atom stereocenters. The zero-order chi connectivity index (χ0) is 23.7. The van der Waals surface area contributed by atoms with Crippen LogP contribution in [-0.2, 0) is 0 Å². The van der Waals surface area contributed by atoms with Crippen molar-refractivity contribution < 1.29 is 0 Å². The molecule has 0 saturated carbocycles. The SMILES string of the molecule is Cc1c(C)n([C@H](C)c2ccccc2)c2nc(-c3ccccc3)nc(N[C@H](C)c3ccccc3)c12. The van der Waals surface area contributed by atoms with Gasteiger partial charge in [0.05, 0.1) is 11.4 Å². The molecule has 4 heteroatoms. The zero-order valence-electron chi connectivity index (χ0n) is 20.2. The maximum absolute atomic E-state index is 5.13. The molecule has 0 aliphatic rings. The van der Waals surface area contributed by atoms with Gasteiger partial charge in [-0.15, -0.1) is 0 Å². The minimum atomic E-state index is 0.109. The number of nitrogens with zero attached hydrogens (tertiary/aromatic N) is 3. The van der Waals surface area contributed by atoms with E-state index in [4.69, 9.17) is 9.97 Å². The van der Waals surface area contributed by atoms with Crippen molar-refractivity contribution in [3.8, 4) is 11.4 Å². The molecule has 5 rings (SSSR count). The Morgan fingerprint density at radius 2 is 1.26 bits per heavy atom. The summed E-state index contributed by atoms with van der Waals surface area (Å²) in [5.74, 6) is 1.61. The molecule has 0 spiro atoms. The molecule has 1 N–H and O–H groups in total. The van der Waals surface area contributed by atoms with Crippen molar-refractivity contribution in [2.45, 2.75) is 39.8 Å². The van der Waals surface area contributed by atoms with Gasteiger partial charge < -0.3 is 9.88 Å². The van der Waals surface area contributed by atoms with E-state index in [2.05, 4.69) is 104 Å². The van der Waals surface area contributed by atoms with E-state index in [0.717, 1.165) is 28.2 Å². The molecule has 0 saturated heterocycles. The van der Waals surface area contributed by atoms with Crippen molar-refractivity contribution in [2.24, 2.45) is 0 Å². The van der Waals surface area contributed by atoms with Crippen LogP contribution >= 0.6 is 0 Å². The average Bonchev–Trinajstić information content (AvgIpc) is 3.15. The normalized spacial score (nSPS) is 13.1. The number of rotatable bonds is 6. The second-order valence-corrected chi connectivity index (χ2v) is 8.90. The van der Waals surface area contributed by atoms with Crippen LogP contribution in [0.3, 0.4) is 0 Å². The minimum absolute atomic E-state index is 0.109. The molecule has 0 aliphatic heterocycles. The summed E-state index contributed by atoms with van der Waals surface area (Å²) >= 11 is 0. The van der Waals surface area contributed by atoms with Gasteiger partial charge in [0, 0.05) is 17.3 Å². The average molecular weight is 447 g/mol. The highest BCUT2D eigenvalue weighted by molar-refractivity contribution is 5.93. The molecule has 5 aromatic rings. The molecule has 3 aromatic carbocycles. The molecule has 170 valence electrons. The lowest BCUT2D eigenvalue weighted by Crippen LogP contribution is -2.11. The molecule has 2 atom stereocenters. The number of hydrogen-bond acceptors (Lipinski definition) is 3. The number of fused-ring (bicyclic) bond motifs is 1. The fourth-order valence-corrected chi connectivity index (χ4v) is 4.69. The van der Waals surface area contributed by atoms with Gasteiger partial charge in [-0.3, -0.25) is 0 Å². The highest BCUT2D eigenvalue weighted by Gasteiger charge is 2.23. The van der Waals surface area contributed by atoms with Gasteiger partial charge in [-0.05, 0) is 44.4 Å². The van der Waals surface area contributed by atoms with E-state index in [1.165, 1.54) is 22.4 Å². The van der Waals surface area contributed by atoms with Crippen molar-refractivity contribution in [1.82, 2.24) is 14.5 Å². The van der Waals surface area contributed by atoms with E-state index in [-0.39, 0.29) is 12.1 Å². The lowest BCUT2D eigenvalue weighted by atomic mass is 10.1. The minimum Gasteiger partial charge on any atom is -0.363 e. The lowest BCUT2D eigenvalue weighted by molar-refractivity contribution is 0.639.